The van der Waals surface area contributed by atoms with Crippen LogP contribution in [0.2, 0.25) is 0 Å². The molecule has 2 unspecified atom stereocenters. The number of hydrogen-bond donors (Lipinski definition) is 0. The summed E-state index contributed by atoms with van der Waals surface area (Å²) in [5.41, 5.74) is 0. The molecule has 19 heavy (non-hydrogen) atoms. The smallest absolute Gasteiger partial charge is 0.134 e. The predicted octanol–water partition coefficient (Wildman–Crippen LogP) is 3.42. The Morgan fingerprint density at radius 1 is 1.37 bits per heavy atom. The monoisotopic (exact) mass is 321 g/mol. The molecule has 0 spiro atoms. The van der Waals surface area contributed by atoms with E-state index in [-0.39, 0.29) is 6.17 Å². The van der Waals surface area contributed by atoms with E-state index in [2.05, 4.69) is 70.8 Å². The minimum atomic E-state index is 0.217. The van der Waals surface area contributed by atoms with Gasteiger partial charge in [-0.1, -0.05) is 44.9 Å². The molecule has 1 aliphatic heterocycles. The van der Waals surface area contributed by atoms with E-state index in [1.54, 1.807) is 0 Å². The first-order valence-corrected chi connectivity index (χ1v) is 7.84. The van der Waals surface area contributed by atoms with E-state index in [9.17, 15) is 0 Å². The Hall–Kier alpha value is -0.830. The van der Waals surface area contributed by atoms with Gasteiger partial charge in [-0.3, -0.25) is 8.92 Å². The molecule has 0 amide bonds. The van der Waals surface area contributed by atoms with Crippen LogP contribution in [0.15, 0.2) is 29.3 Å². The van der Waals surface area contributed by atoms with Crippen molar-refractivity contribution in [2.45, 2.75) is 45.7 Å². The Morgan fingerprint density at radius 2 is 2.16 bits per heavy atom. The Kier molecular flexibility index (Phi) is 5.44. The van der Waals surface area contributed by atoms with E-state index in [4.69, 9.17) is 4.99 Å². The van der Waals surface area contributed by atoms with E-state index in [0.717, 1.165) is 5.36 Å². The summed E-state index contributed by atoms with van der Waals surface area (Å²) in [7, 11) is 0. The Labute approximate surface area is 124 Å². The highest BCUT2D eigenvalue weighted by atomic mass is 79.9. The maximum absolute atomic E-state index is 4.93. The fourth-order valence-corrected chi connectivity index (χ4v) is 3.27. The van der Waals surface area contributed by atoms with Crippen LogP contribution in [-0.4, -0.2) is 10.1 Å². The number of fused-ring (bicyclic) bond motifs is 1. The second-order valence-electron chi connectivity index (χ2n) is 5.11. The maximum atomic E-state index is 4.93. The molecule has 0 aromatic heterocycles. The number of unbranched alkanes of at least 4 members (excludes halogenated alkanes) is 1. The van der Waals surface area contributed by atoms with Crippen molar-refractivity contribution in [2.24, 2.45) is 10.9 Å². The van der Waals surface area contributed by atoms with Gasteiger partial charge in [-0.05, 0) is 25.3 Å². The topological polar surface area (TPSA) is 15.6 Å². The lowest BCUT2D eigenvalue weighted by Crippen LogP contribution is -2.41. The first-order chi connectivity index (χ1) is 9.26. The average Bonchev–Trinajstić information content (AvgIpc) is 2.43. The zero-order valence-corrected chi connectivity index (χ0v) is 13.3. The molecule has 0 N–H and O–H groups in total. The highest BCUT2D eigenvalue weighted by Crippen LogP contribution is 2.26. The average molecular weight is 322 g/mol. The van der Waals surface area contributed by atoms with E-state index < -0.39 is 0 Å². The van der Waals surface area contributed by atoms with Crippen LogP contribution in [0.1, 0.15) is 39.5 Å². The first-order valence-electron chi connectivity index (χ1n) is 7.13. The standard InChI is InChI=1S/C16H22BrN2/c1-3-5-9-13(8-4-2)16-18-15-11-7-6-10-14(15)12-19(16)17/h3,6-7,10-13,16H,4-5,8-9H2,1-2H3. The summed E-state index contributed by atoms with van der Waals surface area (Å²) in [6.07, 6.45) is 9.43. The molecule has 2 atom stereocenters. The van der Waals surface area contributed by atoms with Crippen molar-refractivity contribution >= 4 is 22.3 Å². The fourth-order valence-electron chi connectivity index (χ4n) is 2.62. The van der Waals surface area contributed by atoms with Gasteiger partial charge in [0.1, 0.15) is 6.17 Å². The molecule has 2 rings (SSSR count). The summed E-state index contributed by atoms with van der Waals surface area (Å²) in [5, 5.41) is 2.30. The second-order valence-corrected chi connectivity index (χ2v) is 5.93. The summed E-state index contributed by atoms with van der Waals surface area (Å²) < 4.78 is 2.10. The summed E-state index contributed by atoms with van der Waals surface area (Å²) in [4.78, 5) is 4.93. The van der Waals surface area contributed by atoms with Crippen LogP contribution >= 0.6 is 16.1 Å². The third-order valence-corrected chi connectivity index (χ3v) is 4.25. The third kappa shape index (κ3) is 3.59. The van der Waals surface area contributed by atoms with Gasteiger partial charge >= 0.3 is 0 Å². The van der Waals surface area contributed by atoms with Crippen molar-refractivity contribution in [3.63, 3.8) is 0 Å². The molecule has 1 aliphatic rings. The van der Waals surface area contributed by atoms with Crippen molar-refractivity contribution in [2.75, 3.05) is 0 Å². The number of benzene rings is 1. The molecule has 1 aromatic carbocycles. The van der Waals surface area contributed by atoms with Gasteiger partial charge in [0.15, 0.2) is 0 Å². The van der Waals surface area contributed by atoms with Gasteiger partial charge in [-0.25, -0.2) is 0 Å². The Morgan fingerprint density at radius 3 is 2.89 bits per heavy atom. The number of nitrogens with zero attached hydrogens (tertiary/aromatic N) is 2. The van der Waals surface area contributed by atoms with Crippen LogP contribution in [0.3, 0.4) is 0 Å². The van der Waals surface area contributed by atoms with Gasteiger partial charge in [0.05, 0.1) is 21.5 Å². The van der Waals surface area contributed by atoms with E-state index in [1.165, 1.54) is 30.9 Å². The molecule has 1 heterocycles. The zero-order valence-electron chi connectivity index (χ0n) is 11.7. The molecule has 1 radical (unpaired) electrons. The molecule has 0 bridgehead atoms. The highest BCUT2D eigenvalue weighted by Gasteiger charge is 2.24. The van der Waals surface area contributed by atoms with Gasteiger partial charge in [0, 0.05) is 17.3 Å². The third-order valence-electron chi connectivity index (χ3n) is 3.63. The molecule has 0 saturated carbocycles. The summed E-state index contributed by atoms with van der Waals surface area (Å²) in [6, 6.07) is 8.33. The van der Waals surface area contributed by atoms with Crippen molar-refractivity contribution in [3.8, 4) is 0 Å². The van der Waals surface area contributed by atoms with Gasteiger partial charge in [0.2, 0.25) is 0 Å². The lowest BCUT2D eigenvalue weighted by atomic mass is 9.93. The molecule has 1 aromatic rings. The molecule has 0 fully saturated rings. The molecule has 103 valence electrons. The van der Waals surface area contributed by atoms with Gasteiger partial charge in [-0.15, -0.1) is 0 Å². The van der Waals surface area contributed by atoms with E-state index in [0.29, 0.717) is 5.92 Å². The quantitative estimate of drug-likeness (QED) is 0.733. The van der Waals surface area contributed by atoms with Crippen LogP contribution in [0.4, 0.5) is 0 Å². The van der Waals surface area contributed by atoms with Gasteiger partial charge < -0.3 is 0 Å². The minimum Gasteiger partial charge on any atom is -0.291 e. The van der Waals surface area contributed by atoms with Crippen LogP contribution in [0.5, 0.6) is 0 Å². The van der Waals surface area contributed by atoms with Crippen LogP contribution in [0.25, 0.3) is 6.20 Å². The zero-order chi connectivity index (χ0) is 13.7. The number of rotatable bonds is 6. The van der Waals surface area contributed by atoms with Gasteiger partial charge in [0.25, 0.3) is 0 Å². The van der Waals surface area contributed by atoms with E-state index in [1.807, 2.05) is 0 Å². The van der Waals surface area contributed by atoms with Crippen LogP contribution in [0, 0.1) is 12.3 Å². The largest absolute Gasteiger partial charge is 0.291 e. The minimum absolute atomic E-state index is 0.217. The Bertz CT molecular complexity index is 512. The van der Waals surface area contributed by atoms with Crippen molar-refractivity contribution < 1.29 is 0 Å². The molecule has 0 saturated heterocycles. The normalized spacial score (nSPS) is 19.3. The second kappa shape index (κ2) is 7.09. The van der Waals surface area contributed by atoms with Crippen LogP contribution < -0.4 is 10.6 Å². The molecular weight excluding hydrogens is 300 g/mol. The summed E-state index contributed by atoms with van der Waals surface area (Å²) in [5.74, 6) is 0.602. The fraction of sp³-hybridized carbons (Fsp3) is 0.500. The van der Waals surface area contributed by atoms with Gasteiger partial charge in [-0.2, -0.15) is 0 Å². The number of para-hydroxylation sites is 1. The maximum Gasteiger partial charge on any atom is 0.134 e. The molecular formula is C16H22BrN2. The number of halogens is 1. The van der Waals surface area contributed by atoms with Crippen molar-refractivity contribution in [3.05, 3.63) is 41.3 Å². The van der Waals surface area contributed by atoms with Crippen molar-refractivity contribution in [1.29, 1.82) is 0 Å². The predicted molar refractivity (Wildman–Crippen MR) is 83.8 cm³/mol. The SMILES string of the molecule is C[CH]CCC(CCC)C1N=c2ccccc2=CN1Br. The lowest BCUT2D eigenvalue weighted by Gasteiger charge is -2.31. The molecule has 2 nitrogen and oxygen atoms in total. The summed E-state index contributed by atoms with van der Waals surface area (Å²) in [6.45, 7) is 4.38. The molecule has 0 aliphatic carbocycles. The first kappa shape index (κ1) is 14.6. The van der Waals surface area contributed by atoms with Crippen molar-refractivity contribution in [1.82, 2.24) is 3.93 Å². The molecule has 3 heteroatoms. The lowest BCUT2D eigenvalue weighted by molar-refractivity contribution is 0.287. The summed E-state index contributed by atoms with van der Waals surface area (Å²) >= 11 is 3.66. The van der Waals surface area contributed by atoms with Crippen LogP contribution in [-0.2, 0) is 0 Å². The van der Waals surface area contributed by atoms with E-state index >= 15 is 0 Å². The highest BCUT2D eigenvalue weighted by molar-refractivity contribution is 9.07. The number of hydrogen-bond acceptors (Lipinski definition) is 2. The Balaban J connectivity index is 2.25.